The Kier molecular flexibility index (Phi) is 16.1. The summed E-state index contributed by atoms with van der Waals surface area (Å²) in [6, 6.07) is 4.14. The fourth-order valence-electron chi connectivity index (χ4n) is 6.31. The minimum atomic E-state index is 0.566. The highest BCUT2D eigenvalue weighted by Crippen LogP contribution is 2.42. The maximum Gasteiger partial charge on any atom is 0.179 e. The summed E-state index contributed by atoms with van der Waals surface area (Å²) in [5.74, 6) is 4.89. The summed E-state index contributed by atoms with van der Waals surface area (Å²) in [4.78, 5) is 2.06. The summed E-state index contributed by atoms with van der Waals surface area (Å²) in [5, 5.41) is 4.01. The first-order chi connectivity index (χ1) is 24.3. The summed E-state index contributed by atoms with van der Waals surface area (Å²) in [7, 11) is 1.71. The van der Waals surface area contributed by atoms with Crippen LogP contribution in [-0.2, 0) is 0 Å². The number of rotatable bonds is 23. The van der Waals surface area contributed by atoms with Gasteiger partial charge in [0, 0.05) is 21.9 Å². The normalized spacial score (nSPS) is 13.8. The molecule has 5 rings (SSSR count). The molecule has 0 fully saturated rings. The Morgan fingerprint density at radius 3 is 1.47 bits per heavy atom. The van der Waals surface area contributed by atoms with Crippen LogP contribution in [0.5, 0.6) is 34.5 Å². The van der Waals surface area contributed by atoms with Crippen molar-refractivity contribution in [3.8, 4) is 34.5 Å². The molecule has 1 aromatic carbocycles. The van der Waals surface area contributed by atoms with Gasteiger partial charge in [-0.25, -0.2) is 0 Å². The van der Waals surface area contributed by atoms with Crippen LogP contribution < -0.4 is 28.4 Å². The van der Waals surface area contributed by atoms with Crippen LogP contribution in [0.1, 0.15) is 131 Å². The zero-order valence-electron chi connectivity index (χ0n) is 29.7. The third kappa shape index (κ3) is 11.7. The predicted octanol–water partition coefficient (Wildman–Crippen LogP) is 12.3. The Morgan fingerprint density at radius 2 is 0.980 bits per heavy atom. The van der Waals surface area contributed by atoms with Gasteiger partial charge in [0.05, 0.1) is 23.5 Å². The van der Waals surface area contributed by atoms with Crippen molar-refractivity contribution in [3.63, 3.8) is 0 Å². The van der Waals surface area contributed by atoms with E-state index in [-0.39, 0.29) is 0 Å². The lowest BCUT2D eigenvalue weighted by atomic mass is 10.0. The quantitative estimate of drug-likeness (QED) is 0.0914. The highest BCUT2D eigenvalue weighted by atomic mass is 32.1. The number of fused-ring (bicyclic) bond motifs is 2. The fraction of sp³-hybridized carbons (Fsp3) is 0.561. The van der Waals surface area contributed by atoms with Crippen molar-refractivity contribution in [2.45, 2.75) is 110 Å². The second-order valence-electron chi connectivity index (χ2n) is 12.9. The van der Waals surface area contributed by atoms with E-state index in [9.17, 15) is 0 Å². The van der Waals surface area contributed by atoms with E-state index in [1.807, 2.05) is 10.8 Å². The van der Waals surface area contributed by atoms with Crippen molar-refractivity contribution >= 4 is 47.0 Å². The van der Waals surface area contributed by atoms with Gasteiger partial charge in [0.1, 0.15) is 37.9 Å². The largest absolute Gasteiger partial charge is 0.496 e. The van der Waals surface area contributed by atoms with E-state index in [1.165, 1.54) is 96.3 Å². The van der Waals surface area contributed by atoms with Gasteiger partial charge in [0.2, 0.25) is 0 Å². The lowest BCUT2D eigenvalue weighted by Crippen LogP contribution is -2.14. The molecule has 0 atom stereocenters. The molecule has 2 aliphatic rings. The molecule has 8 heteroatoms. The molecule has 0 unspecified atom stereocenters. The van der Waals surface area contributed by atoms with Crippen molar-refractivity contribution in [3.05, 3.63) is 43.8 Å². The van der Waals surface area contributed by atoms with E-state index < -0.39 is 0 Å². The van der Waals surface area contributed by atoms with E-state index in [0.29, 0.717) is 33.0 Å². The molecule has 49 heavy (non-hydrogen) atoms. The Bertz CT molecular complexity index is 1450. The van der Waals surface area contributed by atoms with E-state index in [0.717, 1.165) is 61.8 Å². The van der Waals surface area contributed by atoms with Crippen LogP contribution >= 0.6 is 22.7 Å². The molecule has 0 saturated heterocycles. The van der Waals surface area contributed by atoms with Crippen LogP contribution in [0, 0.1) is 0 Å². The molecule has 0 bridgehead atoms. The van der Waals surface area contributed by atoms with Crippen molar-refractivity contribution in [1.82, 2.24) is 0 Å². The van der Waals surface area contributed by atoms with E-state index >= 15 is 0 Å². The minimum absolute atomic E-state index is 0.566. The molecule has 0 spiro atoms. The van der Waals surface area contributed by atoms with Gasteiger partial charge in [0.25, 0.3) is 0 Å². The number of ether oxygens (including phenoxy) is 6. The maximum absolute atomic E-state index is 6.47. The molecular weight excluding hydrogens is 653 g/mol. The first-order valence-corrected chi connectivity index (χ1v) is 20.5. The number of benzene rings is 1. The van der Waals surface area contributed by atoms with Gasteiger partial charge in [-0.05, 0) is 42.9 Å². The summed E-state index contributed by atoms with van der Waals surface area (Å²) >= 11 is 3.24. The third-order valence-electron chi connectivity index (χ3n) is 9.10. The molecule has 0 amide bonds. The van der Waals surface area contributed by atoms with Crippen LogP contribution in [-0.4, -0.2) is 40.1 Å². The Hall–Kier alpha value is -3.10. The van der Waals surface area contributed by atoms with Crippen molar-refractivity contribution in [2.24, 2.45) is 0 Å². The summed E-state index contributed by atoms with van der Waals surface area (Å²) in [6.07, 6.45) is 30.0. The van der Waals surface area contributed by atoms with Gasteiger partial charge in [-0.1, -0.05) is 103 Å². The molecule has 0 radical (unpaired) electrons. The van der Waals surface area contributed by atoms with Crippen LogP contribution in [0.25, 0.3) is 24.3 Å². The molecule has 2 aliphatic heterocycles. The molecular formula is C41H56O6S2. The van der Waals surface area contributed by atoms with Crippen molar-refractivity contribution in [1.29, 1.82) is 0 Å². The zero-order chi connectivity index (χ0) is 33.9. The molecule has 0 saturated carbocycles. The van der Waals surface area contributed by atoms with Crippen LogP contribution in [0.2, 0.25) is 0 Å². The Balaban J connectivity index is 1.11. The SMILES string of the molecule is CCCCCCCCCCCCCCCCCCOc1cc(/C=C/c2scc3c2OCCO3)c(OC)cc1/C=C/c1scc2c1OCCO2. The van der Waals surface area contributed by atoms with Crippen molar-refractivity contribution in [2.75, 3.05) is 40.1 Å². The highest BCUT2D eigenvalue weighted by Gasteiger charge is 2.19. The molecule has 4 heterocycles. The average molecular weight is 709 g/mol. The highest BCUT2D eigenvalue weighted by molar-refractivity contribution is 7.12. The summed E-state index contributed by atoms with van der Waals surface area (Å²) in [6.45, 7) is 5.28. The average Bonchev–Trinajstić information content (AvgIpc) is 3.75. The van der Waals surface area contributed by atoms with E-state index in [4.69, 9.17) is 28.4 Å². The van der Waals surface area contributed by atoms with Gasteiger partial charge in [-0.15, -0.1) is 22.7 Å². The fourth-order valence-corrected chi connectivity index (χ4v) is 7.96. The van der Waals surface area contributed by atoms with Gasteiger partial charge >= 0.3 is 0 Å². The number of methoxy groups -OCH3 is 1. The second-order valence-corrected chi connectivity index (χ2v) is 14.8. The van der Waals surface area contributed by atoms with Crippen LogP contribution in [0.4, 0.5) is 0 Å². The molecule has 0 N–H and O–H groups in total. The first kappa shape index (κ1) is 37.2. The molecule has 2 aromatic heterocycles. The summed E-state index contributed by atoms with van der Waals surface area (Å²) < 4.78 is 35.6. The van der Waals surface area contributed by atoms with Crippen LogP contribution in [0.3, 0.4) is 0 Å². The number of thiophene rings is 2. The predicted molar refractivity (Wildman–Crippen MR) is 207 cm³/mol. The molecule has 268 valence electrons. The second kappa shape index (κ2) is 21.2. The first-order valence-electron chi connectivity index (χ1n) is 18.7. The van der Waals surface area contributed by atoms with Gasteiger partial charge in [-0.3, -0.25) is 0 Å². The number of hydrogen-bond donors (Lipinski definition) is 0. The minimum Gasteiger partial charge on any atom is -0.496 e. The Labute approximate surface area is 302 Å². The smallest absolute Gasteiger partial charge is 0.179 e. The van der Waals surface area contributed by atoms with Gasteiger partial charge in [-0.2, -0.15) is 0 Å². The number of hydrogen-bond acceptors (Lipinski definition) is 8. The lowest BCUT2D eigenvalue weighted by molar-refractivity contribution is 0.173. The topological polar surface area (TPSA) is 55.4 Å². The molecule has 6 nitrogen and oxygen atoms in total. The lowest BCUT2D eigenvalue weighted by Gasteiger charge is -2.16. The third-order valence-corrected chi connectivity index (χ3v) is 10.9. The van der Waals surface area contributed by atoms with Crippen LogP contribution in [0.15, 0.2) is 22.9 Å². The van der Waals surface area contributed by atoms with E-state index in [2.05, 4.69) is 43.4 Å². The molecule has 3 aromatic rings. The monoisotopic (exact) mass is 708 g/mol. The Morgan fingerprint density at radius 1 is 0.551 bits per heavy atom. The zero-order valence-corrected chi connectivity index (χ0v) is 31.4. The number of unbranched alkanes of at least 4 members (excludes halogenated alkanes) is 15. The van der Waals surface area contributed by atoms with Crippen molar-refractivity contribution < 1.29 is 28.4 Å². The van der Waals surface area contributed by atoms with Gasteiger partial charge < -0.3 is 28.4 Å². The van der Waals surface area contributed by atoms with E-state index in [1.54, 1.807) is 29.8 Å². The standard InChI is InChI=1S/C41H56O6S2/c1-3-4-5-6-7-8-9-10-11-12-13-14-15-16-17-18-23-43-35-29-32(19-21-38-40-36(30-48-38)44-24-26-46-40)34(42-2)28-33(35)20-22-39-41-37(31-49-39)45-25-27-47-41/h19-22,28-31H,3-18,23-27H2,1-2H3/b21-19+,22-20+. The molecule has 0 aliphatic carbocycles. The maximum atomic E-state index is 6.47. The van der Waals surface area contributed by atoms with Gasteiger partial charge in [0.15, 0.2) is 23.0 Å². The summed E-state index contributed by atoms with van der Waals surface area (Å²) in [5.41, 5.74) is 1.92.